The van der Waals surface area contributed by atoms with Crippen LogP contribution in [0.5, 0.6) is 23.0 Å². The number of hydrogen-bond acceptors (Lipinski definition) is 6. The first-order valence-electron chi connectivity index (χ1n) is 12.3. The second kappa shape index (κ2) is 19.9. The highest BCUT2D eigenvalue weighted by molar-refractivity contribution is 5.94. The SMILES string of the molecule is C=C.CCOc1ccc(OCC)c(N=C(N)N=C(N)N)c1.CCOc1ccc(OCC)c(N=C(N)N=C(N)N)c1. The summed E-state index contributed by atoms with van der Waals surface area (Å²) in [4.78, 5) is 15.5. The maximum Gasteiger partial charge on any atom is 0.223 e. The van der Waals surface area contributed by atoms with Gasteiger partial charge in [0.05, 0.1) is 26.4 Å². The molecule has 0 atom stereocenters. The minimum Gasteiger partial charge on any atom is -0.494 e. The number of hydrogen-bond donors (Lipinski definition) is 6. The molecule has 0 aromatic heterocycles. The van der Waals surface area contributed by atoms with Gasteiger partial charge in [-0.15, -0.1) is 13.2 Å². The predicted molar refractivity (Wildman–Crippen MR) is 163 cm³/mol. The predicted octanol–water partition coefficient (Wildman–Crippen LogP) is 2.21. The molecule has 2 aromatic rings. The van der Waals surface area contributed by atoms with E-state index in [9.17, 15) is 0 Å². The highest BCUT2D eigenvalue weighted by atomic mass is 16.5. The molecule has 0 aliphatic rings. The van der Waals surface area contributed by atoms with Crippen molar-refractivity contribution in [2.24, 2.45) is 54.4 Å². The molecule has 14 heteroatoms. The summed E-state index contributed by atoms with van der Waals surface area (Å²) < 4.78 is 21.7. The zero-order valence-corrected chi connectivity index (χ0v) is 23.6. The van der Waals surface area contributed by atoms with E-state index in [1.165, 1.54) is 0 Å². The Bertz CT molecular complexity index is 1070. The van der Waals surface area contributed by atoms with Gasteiger partial charge < -0.3 is 53.3 Å². The molecule has 40 heavy (non-hydrogen) atoms. The third-order valence-corrected chi connectivity index (χ3v) is 4.04. The van der Waals surface area contributed by atoms with Crippen molar-refractivity contribution >= 4 is 35.2 Å². The van der Waals surface area contributed by atoms with Gasteiger partial charge in [0.25, 0.3) is 0 Å². The maximum absolute atomic E-state index is 5.60. The summed E-state index contributed by atoms with van der Waals surface area (Å²) in [6, 6.07) is 10.5. The summed E-state index contributed by atoms with van der Waals surface area (Å²) in [7, 11) is 0. The molecule has 220 valence electrons. The van der Waals surface area contributed by atoms with Gasteiger partial charge in [0.1, 0.15) is 34.4 Å². The van der Waals surface area contributed by atoms with Crippen LogP contribution < -0.4 is 53.3 Å². The Balaban J connectivity index is 0.000000716. The van der Waals surface area contributed by atoms with Crippen molar-refractivity contribution in [2.45, 2.75) is 27.7 Å². The first-order chi connectivity index (χ1) is 19.1. The van der Waals surface area contributed by atoms with E-state index in [1.54, 1.807) is 36.4 Å². The van der Waals surface area contributed by atoms with Crippen molar-refractivity contribution in [3.05, 3.63) is 49.6 Å². The molecule has 0 fully saturated rings. The third kappa shape index (κ3) is 14.0. The second-order valence-electron chi connectivity index (χ2n) is 7.00. The van der Waals surface area contributed by atoms with Crippen molar-refractivity contribution in [2.75, 3.05) is 26.4 Å². The van der Waals surface area contributed by atoms with E-state index in [0.29, 0.717) is 60.8 Å². The number of rotatable bonds is 10. The zero-order valence-electron chi connectivity index (χ0n) is 23.6. The fourth-order valence-electron chi connectivity index (χ4n) is 2.80. The van der Waals surface area contributed by atoms with E-state index in [0.717, 1.165) is 0 Å². The summed E-state index contributed by atoms with van der Waals surface area (Å²) in [6.45, 7) is 15.7. The summed E-state index contributed by atoms with van der Waals surface area (Å²) in [5.74, 6) is 2.10. The maximum atomic E-state index is 5.60. The number of benzene rings is 2. The average Bonchev–Trinajstić information content (AvgIpc) is 2.88. The van der Waals surface area contributed by atoms with Gasteiger partial charge in [0.2, 0.25) is 11.9 Å². The summed E-state index contributed by atoms with van der Waals surface area (Å²) in [5, 5.41) is 0. The quantitative estimate of drug-likeness (QED) is 0.141. The Hall–Kier alpha value is -5.14. The topological polar surface area (TPSA) is 242 Å². The Morgan fingerprint density at radius 1 is 0.575 bits per heavy atom. The zero-order chi connectivity index (χ0) is 30.5. The number of nitrogens with two attached hydrogens (primary N) is 6. The molecule has 0 spiro atoms. The van der Waals surface area contributed by atoms with Crippen LogP contribution in [0.4, 0.5) is 11.4 Å². The lowest BCUT2D eigenvalue weighted by atomic mass is 10.3. The fourth-order valence-corrected chi connectivity index (χ4v) is 2.80. The minimum atomic E-state index is -0.153. The average molecular weight is 559 g/mol. The van der Waals surface area contributed by atoms with Gasteiger partial charge >= 0.3 is 0 Å². The van der Waals surface area contributed by atoms with Gasteiger partial charge in [-0.2, -0.15) is 9.98 Å². The number of nitrogens with zero attached hydrogens (tertiary/aromatic N) is 4. The van der Waals surface area contributed by atoms with E-state index >= 15 is 0 Å². The molecule has 0 aliphatic carbocycles. The Labute approximate surface area is 235 Å². The van der Waals surface area contributed by atoms with Crippen LogP contribution >= 0.6 is 0 Å². The molecule has 0 amide bonds. The van der Waals surface area contributed by atoms with E-state index in [-0.39, 0.29) is 23.8 Å². The van der Waals surface area contributed by atoms with E-state index in [4.69, 9.17) is 53.3 Å². The molecule has 0 saturated heterocycles. The first-order valence-corrected chi connectivity index (χ1v) is 12.3. The molecule has 2 rings (SSSR count). The van der Waals surface area contributed by atoms with Gasteiger partial charge in [-0.25, -0.2) is 9.98 Å². The largest absolute Gasteiger partial charge is 0.494 e. The molecular formula is C26H42N10O4. The summed E-state index contributed by atoms with van der Waals surface area (Å²) >= 11 is 0. The van der Waals surface area contributed by atoms with Crippen LogP contribution in [0.2, 0.25) is 0 Å². The number of ether oxygens (including phenoxy) is 4. The molecule has 0 radical (unpaired) electrons. The summed E-state index contributed by atoms with van der Waals surface area (Å²) in [5.41, 5.74) is 33.2. The molecule has 0 unspecified atom stereocenters. The fraction of sp³-hybridized carbons (Fsp3) is 0.308. The summed E-state index contributed by atoms with van der Waals surface area (Å²) in [6.07, 6.45) is 0. The Kier molecular flexibility index (Phi) is 17.3. The first kappa shape index (κ1) is 34.9. The van der Waals surface area contributed by atoms with Crippen LogP contribution in [-0.4, -0.2) is 50.3 Å². The Morgan fingerprint density at radius 3 is 1.18 bits per heavy atom. The van der Waals surface area contributed by atoms with Crippen molar-refractivity contribution in [1.82, 2.24) is 0 Å². The smallest absolute Gasteiger partial charge is 0.223 e. The van der Waals surface area contributed by atoms with Crippen molar-refractivity contribution in [3.8, 4) is 23.0 Å². The molecule has 12 N–H and O–H groups in total. The standard InChI is InChI=1S/2C12H19N5O2.C2H4/c2*1-3-18-8-5-6-10(19-4-2)9(7-8)16-12(15)17-11(13)14;1-2/h2*5-7H,3-4H2,1-2H3,(H6,13,14,15,16,17);1-2H2. The van der Waals surface area contributed by atoms with Crippen LogP contribution in [0, 0.1) is 0 Å². The normalized spacial score (nSPS) is 10.5. The molecule has 2 aromatic carbocycles. The monoisotopic (exact) mass is 558 g/mol. The van der Waals surface area contributed by atoms with Gasteiger partial charge in [-0.1, -0.05) is 0 Å². The van der Waals surface area contributed by atoms with Crippen molar-refractivity contribution in [3.63, 3.8) is 0 Å². The van der Waals surface area contributed by atoms with Gasteiger partial charge in [0.15, 0.2) is 11.9 Å². The van der Waals surface area contributed by atoms with Crippen LogP contribution in [0.15, 0.2) is 69.5 Å². The molecule has 0 bridgehead atoms. The minimum absolute atomic E-state index is 0.0467. The van der Waals surface area contributed by atoms with Gasteiger partial charge in [-0.05, 0) is 52.0 Å². The van der Waals surface area contributed by atoms with Crippen molar-refractivity contribution in [1.29, 1.82) is 0 Å². The van der Waals surface area contributed by atoms with E-state index in [2.05, 4.69) is 33.1 Å². The lowest BCUT2D eigenvalue weighted by molar-refractivity contribution is 0.331. The van der Waals surface area contributed by atoms with Crippen molar-refractivity contribution < 1.29 is 18.9 Å². The highest BCUT2D eigenvalue weighted by Gasteiger charge is 2.07. The second-order valence-corrected chi connectivity index (χ2v) is 7.00. The lowest BCUT2D eigenvalue weighted by Gasteiger charge is -2.09. The molecule has 0 heterocycles. The number of aliphatic imine (C=N–C) groups is 4. The molecular weight excluding hydrogens is 516 g/mol. The molecule has 0 saturated carbocycles. The van der Waals surface area contributed by atoms with Crippen LogP contribution in [0.25, 0.3) is 0 Å². The number of guanidine groups is 4. The van der Waals surface area contributed by atoms with Crippen LogP contribution in [-0.2, 0) is 0 Å². The van der Waals surface area contributed by atoms with E-state index < -0.39 is 0 Å². The van der Waals surface area contributed by atoms with Gasteiger partial charge in [-0.3, -0.25) is 0 Å². The highest BCUT2D eigenvalue weighted by Crippen LogP contribution is 2.33. The van der Waals surface area contributed by atoms with Crippen LogP contribution in [0.1, 0.15) is 27.7 Å². The Morgan fingerprint density at radius 2 is 0.900 bits per heavy atom. The van der Waals surface area contributed by atoms with Gasteiger partial charge in [0, 0.05) is 12.1 Å². The van der Waals surface area contributed by atoms with E-state index in [1.807, 2.05) is 27.7 Å². The van der Waals surface area contributed by atoms with Crippen LogP contribution in [0.3, 0.4) is 0 Å². The third-order valence-electron chi connectivity index (χ3n) is 4.04. The lowest BCUT2D eigenvalue weighted by Crippen LogP contribution is -2.26. The molecule has 0 aliphatic heterocycles. The molecule has 14 nitrogen and oxygen atoms in total.